The summed E-state index contributed by atoms with van der Waals surface area (Å²) in [7, 11) is 11.5. The second kappa shape index (κ2) is 47.9. The number of anilines is 5. The van der Waals surface area contributed by atoms with E-state index in [4.69, 9.17) is 0 Å². The van der Waals surface area contributed by atoms with Gasteiger partial charge in [0, 0.05) is 133 Å². The van der Waals surface area contributed by atoms with E-state index in [1.54, 1.807) is 31.0 Å². The molecular formula is C51H107B10N25Pd5Si5-5. The first-order valence-corrected chi connectivity index (χ1v) is 39.1. The molecule has 5 saturated heterocycles. The van der Waals surface area contributed by atoms with Crippen LogP contribution in [0.2, 0.25) is 68.2 Å². The third-order valence-electron chi connectivity index (χ3n) is 18.9. The van der Waals surface area contributed by atoms with Gasteiger partial charge in [0.25, 0.3) is 34.9 Å². The van der Waals surface area contributed by atoms with Gasteiger partial charge < -0.3 is 93.9 Å². The summed E-state index contributed by atoms with van der Waals surface area (Å²) in [6, 6.07) is 10.5. The summed E-state index contributed by atoms with van der Waals surface area (Å²) in [5.74, 6) is 5.05. The van der Waals surface area contributed by atoms with Crippen LogP contribution in [-0.2, 0) is 102 Å². The molecule has 541 valence electrons. The molecule has 0 aliphatic carbocycles. The zero-order valence-corrected chi connectivity index (χ0v) is 74.7. The van der Waals surface area contributed by atoms with E-state index in [1.165, 1.54) is 64.2 Å². The van der Waals surface area contributed by atoms with Gasteiger partial charge in [0.2, 0.25) is 34.9 Å². The Balaban J connectivity index is 0.000000593. The molecule has 0 unspecified atom stereocenters. The number of nitrogens with zero attached hydrogens (tertiary/aromatic N) is 25. The van der Waals surface area contributed by atoms with Gasteiger partial charge in [-0.25, -0.2) is 0 Å². The first kappa shape index (κ1) is 93.7. The molecule has 5 radical (unpaired) electrons. The third kappa shape index (κ3) is 25.8. The number of unbranched alkanes of at least 4 members (excludes halogenated alkanes) is 6. The monoisotopic (exact) mass is 1850 g/mol. The molecule has 0 saturated carbocycles. The summed E-state index contributed by atoms with van der Waals surface area (Å²) in [6.07, 6.45) is 21.6. The molecule has 0 atom stereocenters. The minimum Gasteiger partial charge on any atom is -0.476 e. The molecule has 5 aromatic heterocycles. The third-order valence-corrected chi connectivity index (χ3v) is 27.6. The summed E-state index contributed by atoms with van der Waals surface area (Å²) in [6.45, 7) is 45.5. The molecule has 25 nitrogen and oxygen atoms in total. The average Bonchev–Trinajstić information content (AvgIpc) is 1.37. The molecule has 10 rings (SSSR count). The molecule has 45 heteroatoms. The second-order valence-electron chi connectivity index (χ2n) is 25.3. The van der Waals surface area contributed by atoms with Crippen LogP contribution in [0.3, 0.4) is 0 Å². The summed E-state index contributed by atoms with van der Waals surface area (Å²) in [5, 5.41) is 40.8. The zero-order valence-electron chi connectivity index (χ0n) is 61.2. The van der Waals surface area contributed by atoms with Crippen molar-refractivity contribution in [3.05, 3.63) is 61.3 Å². The van der Waals surface area contributed by atoms with E-state index in [0.717, 1.165) is 55.3 Å². The molecule has 5 fully saturated rings. The van der Waals surface area contributed by atoms with E-state index in [2.05, 4.69) is 264 Å². The van der Waals surface area contributed by atoms with Crippen molar-refractivity contribution in [1.82, 2.24) is 97.0 Å². The van der Waals surface area contributed by atoms with Crippen LogP contribution in [0.15, 0.2) is 61.3 Å². The maximum Gasteiger partial charge on any atom is 0.288 e. The Morgan fingerprint density at radius 2 is 0.552 bits per heavy atom. The topological polar surface area (TPSA) is 184 Å². The molecule has 96 heavy (non-hydrogen) atoms. The first-order chi connectivity index (χ1) is 43.6. The molecule has 5 aromatic rings. The Labute approximate surface area is 665 Å². The summed E-state index contributed by atoms with van der Waals surface area (Å²) < 4.78 is 36.8. The van der Waals surface area contributed by atoms with Crippen molar-refractivity contribution >= 4 is 148 Å². The fourth-order valence-electron chi connectivity index (χ4n) is 12.7. The molecule has 5 aliphatic heterocycles. The largest absolute Gasteiger partial charge is 0.476 e. The van der Waals surface area contributed by atoms with Gasteiger partial charge in [-0.3, -0.25) is 25.5 Å². The van der Waals surface area contributed by atoms with Gasteiger partial charge in [-0.1, -0.05) is 148 Å². The van der Waals surface area contributed by atoms with E-state index in [0.29, 0.717) is 75.9 Å². The van der Waals surface area contributed by atoms with E-state index < -0.39 is 0 Å². The van der Waals surface area contributed by atoms with Gasteiger partial charge in [-0.15, -0.1) is 0 Å². The van der Waals surface area contributed by atoms with Crippen LogP contribution in [0, 0.1) is 0 Å². The SMILES string of the molecule is CB1N(C)[SiH]N(c2ccn[n-]2)B(C)N1C(C)C.CCCCCCN1B(C)N(C)[SiH]N(c2ccn[n-]2)B1C.CCCCCN1B(C)N(C)[SiH]N(c2ccn[n-]2)B1C.CCCCN1B(C)N(C)[SiH]N(c2ccn[n-]2)B1C.CCCN1B(C)N(C)[SiH]N(c2ccn[n-]2)B1C.[Pd].[Pd].[Pd].[Pd].[Pd]. The van der Waals surface area contributed by atoms with Gasteiger partial charge in [0.05, 0.1) is 49.2 Å². The normalized spacial score (nSPS) is 17.8. The molecule has 0 spiro atoms. The van der Waals surface area contributed by atoms with Gasteiger partial charge in [-0.2, -0.15) is 0 Å². The number of aromatic nitrogens is 10. The molecule has 10 heterocycles. The van der Waals surface area contributed by atoms with Gasteiger partial charge in [-0.05, 0) is 153 Å². The Bertz CT molecular complexity index is 2690. The van der Waals surface area contributed by atoms with Crippen molar-refractivity contribution in [1.29, 1.82) is 0 Å². The molecule has 0 amide bonds. The van der Waals surface area contributed by atoms with E-state index in [-0.39, 0.29) is 151 Å². The molecule has 0 aromatic carbocycles. The average molecular weight is 1850 g/mol. The standard InChI is InChI=1S/C12H25B2N5Si.C11H23B2N5Si.C10H21B2N5Si.2C9H19B2N5Si.5Pd/c1-5-6-7-8-11-18-13(2)17(4)20-19(14(18)3)12-9-10-15-16-12;1-5-6-7-10-17-12(2)16(4)19-18(13(17)3)11-8-9-14-15-11;1-5-6-9-16-11(2)15(4)18-17(12(16)3)10-7-8-13-14-10;1-8(2)15-10(3)14(5)17-16(11(15)4)9-6-7-12-13-9;1-5-8-15-10(2)14(4)17-16(11(15)3)9-6-7-12-13-9;;;;;/h9-10,20H,5-8,11H2,1-4H3;8-9,19H,5-7,10H2,1-4H3;7-8,18H,5-6,9H2,1-4H3;6-8,17H,1-5H3;6-7,17H,5,8H2,1-4H3;;;;;/q5*-1;;;;;. The van der Waals surface area contributed by atoms with Crippen LogP contribution in [-0.4, -0.2) is 258 Å². The predicted molar refractivity (Wildman–Crippen MR) is 404 cm³/mol. The Kier molecular flexibility index (Phi) is 46.8. The summed E-state index contributed by atoms with van der Waals surface area (Å²) >= 11 is 0. The fraction of sp³-hybridized carbons (Fsp3) is 0.706. The zero-order chi connectivity index (χ0) is 66.5. The van der Waals surface area contributed by atoms with Crippen molar-refractivity contribution < 1.29 is 102 Å². The number of hydrogen-bond acceptors (Lipinski definition) is 20. The second-order valence-corrected chi connectivity index (χ2v) is 33.3. The molecular weight excluding hydrogens is 1740 g/mol. The molecule has 0 bridgehead atoms. The predicted octanol–water partition coefficient (Wildman–Crippen LogP) is 2.35. The quantitative estimate of drug-likeness (QED) is 0.0817. The van der Waals surface area contributed by atoms with Crippen molar-refractivity contribution in [3.8, 4) is 0 Å². The summed E-state index contributed by atoms with van der Waals surface area (Å²) in [5.41, 5.74) is 0. The van der Waals surface area contributed by atoms with Crippen molar-refractivity contribution in [2.75, 3.05) is 83.8 Å². The maximum atomic E-state index is 4.24. The smallest absolute Gasteiger partial charge is 0.288 e. The summed E-state index contributed by atoms with van der Waals surface area (Å²) in [4.78, 5) is 0. The van der Waals surface area contributed by atoms with E-state index in [1.807, 2.05) is 30.3 Å². The van der Waals surface area contributed by atoms with Crippen molar-refractivity contribution in [2.45, 2.75) is 180 Å². The first-order valence-electron chi connectivity index (χ1n) is 33.9. The van der Waals surface area contributed by atoms with Crippen LogP contribution < -0.4 is 47.9 Å². The van der Waals surface area contributed by atoms with Gasteiger partial charge >= 0.3 is 0 Å². The number of rotatable bonds is 20. The van der Waals surface area contributed by atoms with Crippen molar-refractivity contribution in [2.24, 2.45) is 0 Å². The van der Waals surface area contributed by atoms with Gasteiger partial charge in [0.15, 0.2) is 0 Å². The Hall–Kier alpha value is -0.305. The number of hydrogen-bond donors (Lipinski definition) is 0. The Morgan fingerprint density at radius 3 is 0.802 bits per heavy atom. The molecule has 0 N–H and O–H groups in total. The van der Waals surface area contributed by atoms with Crippen LogP contribution in [0.4, 0.5) is 29.1 Å². The minimum atomic E-state index is 0. The Morgan fingerprint density at radius 1 is 0.312 bits per heavy atom. The van der Waals surface area contributed by atoms with Crippen LogP contribution in [0.25, 0.3) is 0 Å². The van der Waals surface area contributed by atoms with E-state index in [9.17, 15) is 0 Å². The fourth-order valence-corrected chi connectivity index (χ4v) is 19.6. The van der Waals surface area contributed by atoms with Gasteiger partial charge in [0.1, 0.15) is 0 Å². The van der Waals surface area contributed by atoms with Crippen LogP contribution >= 0.6 is 0 Å². The maximum absolute atomic E-state index is 4.24. The van der Waals surface area contributed by atoms with Crippen LogP contribution in [0.5, 0.6) is 0 Å². The minimum absolute atomic E-state index is 0. The van der Waals surface area contributed by atoms with Crippen molar-refractivity contribution in [3.63, 3.8) is 0 Å². The molecule has 5 aliphatic rings. The van der Waals surface area contributed by atoms with Crippen LogP contribution in [0.1, 0.15) is 106 Å². The van der Waals surface area contributed by atoms with E-state index >= 15 is 0 Å².